The number of nitrogens with one attached hydrogen (secondary N) is 1. The first-order valence-corrected chi connectivity index (χ1v) is 8.18. The fraction of sp³-hybridized carbons (Fsp3) is 0.0500. The van der Waals surface area contributed by atoms with Crippen LogP contribution in [0.25, 0.3) is 11.1 Å². The van der Waals surface area contributed by atoms with Crippen LogP contribution < -0.4 is 5.32 Å². The molecule has 0 atom stereocenters. The van der Waals surface area contributed by atoms with E-state index in [2.05, 4.69) is 15.3 Å². The van der Waals surface area contributed by atoms with E-state index in [-0.39, 0.29) is 18.0 Å². The zero-order valence-corrected chi connectivity index (χ0v) is 14.1. The summed E-state index contributed by atoms with van der Waals surface area (Å²) < 4.78 is 24.2. The maximum atomic E-state index is 13.4. The first kappa shape index (κ1) is 16.7. The largest absolute Gasteiger partial charge is 0.452 e. The average Bonchev–Trinajstić information content (AvgIpc) is 3.09. The first-order valence-electron chi connectivity index (χ1n) is 8.18. The standard InChI is InChI=1S/C20H14FN3O3/c21-13-5-3-6-14(11-13)23-19-15(7-4-10-22-19)20(25)26-12-18-24-16-8-1-2-9-17(16)27-18/h1-11H,12H2,(H,22,23). The predicted molar refractivity (Wildman–Crippen MR) is 97.0 cm³/mol. The Morgan fingerprint density at radius 3 is 2.85 bits per heavy atom. The van der Waals surface area contributed by atoms with E-state index in [1.54, 1.807) is 30.3 Å². The SMILES string of the molecule is O=C(OCc1nc2ccccc2o1)c1cccnc1Nc1cccc(F)c1. The number of anilines is 2. The number of para-hydroxylation sites is 2. The van der Waals surface area contributed by atoms with Crippen LogP contribution in [-0.4, -0.2) is 15.9 Å². The van der Waals surface area contributed by atoms with Crippen molar-refractivity contribution in [3.63, 3.8) is 0 Å². The number of halogens is 1. The van der Waals surface area contributed by atoms with Crippen LogP contribution in [0.1, 0.15) is 16.2 Å². The molecule has 2 aromatic carbocycles. The minimum absolute atomic E-state index is 0.109. The molecule has 6 nitrogen and oxygen atoms in total. The normalized spacial score (nSPS) is 10.7. The maximum absolute atomic E-state index is 13.4. The van der Waals surface area contributed by atoms with Gasteiger partial charge in [-0.1, -0.05) is 18.2 Å². The molecule has 0 aliphatic heterocycles. The molecule has 2 aromatic heterocycles. The molecule has 0 bridgehead atoms. The Morgan fingerprint density at radius 2 is 2.00 bits per heavy atom. The van der Waals surface area contributed by atoms with Crippen LogP contribution in [-0.2, 0) is 11.3 Å². The molecule has 7 heteroatoms. The summed E-state index contributed by atoms with van der Waals surface area (Å²) in [6.45, 7) is -0.109. The molecule has 0 aliphatic carbocycles. The number of hydrogen-bond donors (Lipinski definition) is 1. The molecule has 0 radical (unpaired) electrons. The van der Waals surface area contributed by atoms with Crippen molar-refractivity contribution >= 4 is 28.6 Å². The van der Waals surface area contributed by atoms with Crippen molar-refractivity contribution < 1.29 is 18.3 Å². The van der Waals surface area contributed by atoms with E-state index in [4.69, 9.17) is 9.15 Å². The lowest BCUT2D eigenvalue weighted by atomic mass is 10.2. The van der Waals surface area contributed by atoms with E-state index in [1.807, 2.05) is 18.2 Å². The minimum atomic E-state index is -0.593. The first-order chi connectivity index (χ1) is 13.2. The van der Waals surface area contributed by atoms with Crippen molar-refractivity contribution in [2.24, 2.45) is 0 Å². The number of aromatic nitrogens is 2. The highest BCUT2D eigenvalue weighted by molar-refractivity contribution is 5.95. The van der Waals surface area contributed by atoms with Crippen LogP contribution in [0.15, 0.2) is 71.3 Å². The third-order valence-corrected chi connectivity index (χ3v) is 3.78. The number of carbonyl (C=O) groups excluding carboxylic acids is 1. The van der Waals surface area contributed by atoms with Gasteiger partial charge >= 0.3 is 5.97 Å². The predicted octanol–water partition coefficient (Wildman–Crippen LogP) is 4.46. The number of carbonyl (C=O) groups is 1. The second kappa shape index (κ2) is 7.25. The molecule has 4 rings (SSSR count). The van der Waals surface area contributed by atoms with Gasteiger partial charge in [0.25, 0.3) is 0 Å². The molecule has 1 N–H and O–H groups in total. The van der Waals surface area contributed by atoms with Crippen LogP contribution in [0, 0.1) is 5.82 Å². The number of esters is 1. The summed E-state index contributed by atoms with van der Waals surface area (Å²) in [6.07, 6.45) is 1.53. The van der Waals surface area contributed by atoms with Crippen molar-refractivity contribution in [1.29, 1.82) is 0 Å². The van der Waals surface area contributed by atoms with Crippen LogP contribution in [0.3, 0.4) is 0 Å². The van der Waals surface area contributed by atoms with Gasteiger partial charge in [0.15, 0.2) is 12.2 Å². The molecule has 27 heavy (non-hydrogen) atoms. The lowest BCUT2D eigenvalue weighted by Crippen LogP contribution is -2.09. The molecule has 0 saturated carbocycles. The van der Waals surface area contributed by atoms with E-state index in [0.29, 0.717) is 22.7 Å². The third-order valence-electron chi connectivity index (χ3n) is 3.78. The Hall–Kier alpha value is -3.74. The van der Waals surface area contributed by atoms with Gasteiger partial charge in [0.05, 0.1) is 0 Å². The smallest absolute Gasteiger partial charge is 0.342 e. The van der Waals surface area contributed by atoms with Crippen molar-refractivity contribution in [2.45, 2.75) is 6.61 Å². The Morgan fingerprint density at radius 1 is 1.11 bits per heavy atom. The van der Waals surface area contributed by atoms with E-state index < -0.39 is 11.8 Å². The summed E-state index contributed by atoms with van der Waals surface area (Å²) >= 11 is 0. The van der Waals surface area contributed by atoms with E-state index in [0.717, 1.165) is 0 Å². The topological polar surface area (TPSA) is 77.2 Å². The molecule has 0 aliphatic rings. The number of pyridine rings is 1. The van der Waals surface area contributed by atoms with Gasteiger partial charge in [-0.2, -0.15) is 0 Å². The lowest BCUT2D eigenvalue weighted by molar-refractivity contribution is 0.0441. The van der Waals surface area contributed by atoms with E-state index in [9.17, 15) is 9.18 Å². The van der Waals surface area contributed by atoms with Crippen LogP contribution >= 0.6 is 0 Å². The van der Waals surface area contributed by atoms with Crippen molar-refractivity contribution in [1.82, 2.24) is 9.97 Å². The molecular formula is C20H14FN3O3. The molecule has 0 fully saturated rings. The Balaban J connectivity index is 1.50. The summed E-state index contributed by atoms with van der Waals surface area (Å²) in [5, 5.41) is 2.92. The van der Waals surface area contributed by atoms with Gasteiger partial charge in [-0.3, -0.25) is 0 Å². The zero-order valence-electron chi connectivity index (χ0n) is 14.1. The molecule has 0 saturated heterocycles. The summed E-state index contributed by atoms with van der Waals surface area (Å²) in [5.41, 5.74) is 2.01. The van der Waals surface area contributed by atoms with Gasteiger partial charge in [0.1, 0.15) is 22.7 Å². The molecule has 4 aromatic rings. The summed E-state index contributed by atoms with van der Waals surface area (Å²) in [6, 6.07) is 16.3. The highest BCUT2D eigenvalue weighted by Gasteiger charge is 2.16. The van der Waals surface area contributed by atoms with Crippen molar-refractivity contribution in [3.8, 4) is 0 Å². The number of hydrogen-bond acceptors (Lipinski definition) is 6. The van der Waals surface area contributed by atoms with Gasteiger partial charge in [0.2, 0.25) is 5.89 Å². The fourth-order valence-corrected chi connectivity index (χ4v) is 2.56. The average molecular weight is 363 g/mol. The number of benzene rings is 2. The monoisotopic (exact) mass is 363 g/mol. The fourth-order valence-electron chi connectivity index (χ4n) is 2.56. The van der Waals surface area contributed by atoms with Gasteiger partial charge in [-0.15, -0.1) is 0 Å². The molecule has 0 unspecified atom stereocenters. The molecule has 2 heterocycles. The van der Waals surface area contributed by atoms with Crippen molar-refractivity contribution in [3.05, 3.63) is 84.1 Å². The van der Waals surface area contributed by atoms with Gasteiger partial charge in [-0.05, 0) is 42.5 Å². The van der Waals surface area contributed by atoms with Crippen LogP contribution in [0.2, 0.25) is 0 Å². The minimum Gasteiger partial charge on any atom is -0.452 e. The van der Waals surface area contributed by atoms with E-state index in [1.165, 1.54) is 18.3 Å². The number of fused-ring (bicyclic) bond motifs is 1. The Bertz CT molecular complexity index is 1080. The number of ether oxygens (including phenoxy) is 1. The second-order valence-corrected chi connectivity index (χ2v) is 5.69. The lowest BCUT2D eigenvalue weighted by Gasteiger charge is -2.10. The zero-order chi connectivity index (χ0) is 18.6. The molecule has 134 valence electrons. The van der Waals surface area contributed by atoms with Crippen LogP contribution in [0.5, 0.6) is 0 Å². The van der Waals surface area contributed by atoms with Crippen LogP contribution in [0.4, 0.5) is 15.9 Å². The van der Waals surface area contributed by atoms with Crippen molar-refractivity contribution in [2.75, 3.05) is 5.32 Å². The Kier molecular flexibility index (Phi) is 4.49. The summed E-state index contributed by atoms with van der Waals surface area (Å²) in [7, 11) is 0. The number of nitrogens with zero attached hydrogens (tertiary/aromatic N) is 2. The summed E-state index contributed by atoms with van der Waals surface area (Å²) in [5.74, 6) is -0.418. The highest BCUT2D eigenvalue weighted by atomic mass is 19.1. The van der Waals surface area contributed by atoms with Gasteiger partial charge in [-0.25, -0.2) is 19.2 Å². The summed E-state index contributed by atoms with van der Waals surface area (Å²) in [4.78, 5) is 20.9. The highest BCUT2D eigenvalue weighted by Crippen LogP contribution is 2.21. The molecule has 0 amide bonds. The molecule has 0 spiro atoms. The Labute approximate surface area is 153 Å². The number of rotatable bonds is 5. The third kappa shape index (κ3) is 3.77. The second-order valence-electron chi connectivity index (χ2n) is 5.69. The van der Waals surface area contributed by atoms with E-state index >= 15 is 0 Å². The quantitative estimate of drug-likeness (QED) is 0.528. The number of oxazole rings is 1. The van der Waals surface area contributed by atoms with Gasteiger partial charge in [0, 0.05) is 11.9 Å². The maximum Gasteiger partial charge on any atom is 0.342 e. The molecular weight excluding hydrogens is 349 g/mol. The van der Waals surface area contributed by atoms with Gasteiger partial charge < -0.3 is 14.5 Å².